The van der Waals surface area contributed by atoms with E-state index >= 15 is 0 Å². The average Bonchev–Trinajstić information content (AvgIpc) is 3.08. The lowest BCUT2D eigenvalue weighted by molar-refractivity contribution is 1.11. The smallest absolute Gasteiger partial charge is 0.0689 e. The first-order chi connectivity index (χ1) is 11.9. The van der Waals surface area contributed by atoms with Gasteiger partial charge in [0.2, 0.25) is 0 Å². The maximum atomic E-state index is 4.56. The van der Waals surface area contributed by atoms with Crippen molar-refractivity contribution >= 4 is 33.9 Å². The second kappa shape index (κ2) is 8.34. The lowest BCUT2D eigenvalue weighted by atomic mass is 9.95. The summed E-state index contributed by atoms with van der Waals surface area (Å²) in [4.78, 5) is 5.87. The Labute approximate surface area is 155 Å². The molecule has 25 heavy (non-hydrogen) atoms. The van der Waals surface area contributed by atoms with E-state index < -0.39 is 0 Å². The van der Waals surface area contributed by atoms with Crippen LogP contribution in [0.3, 0.4) is 0 Å². The Morgan fingerprint density at radius 3 is 2.44 bits per heavy atom. The molecule has 2 rings (SSSR count). The van der Waals surface area contributed by atoms with Gasteiger partial charge in [0.1, 0.15) is 0 Å². The number of aryl methyl sites for hydroxylation is 1. The van der Waals surface area contributed by atoms with Crippen LogP contribution in [0.5, 0.6) is 0 Å². The molecule has 2 aromatic rings. The molecule has 4 heteroatoms. The molecule has 3 nitrogen and oxygen atoms in total. The van der Waals surface area contributed by atoms with E-state index in [0.29, 0.717) is 0 Å². The van der Waals surface area contributed by atoms with E-state index in [4.69, 9.17) is 0 Å². The average molecular weight is 354 g/mol. The zero-order valence-electron chi connectivity index (χ0n) is 16.2. The third-order valence-electron chi connectivity index (χ3n) is 4.49. The summed E-state index contributed by atoms with van der Waals surface area (Å²) < 4.78 is 0. The quantitative estimate of drug-likeness (QED) is 0.392. The fourth-order valence-corrected chi connectivity index (χ4v) is 3.78. The van der Waals surface area contributed by atoms with E-state index in [9.17, 15) is 0 Å². The molecule has 0 fully saturated rings. The van der Waals surface area contributed by atoms with Crippen molar-refractivity contribution in [2.45, 2.75) is 46.4 Å². The van der Waals surface area contributed by atoms with Crippen LogP contribution >= 0.6 is 11.8 Å². The number of nitrogens with zero attached hydrogens (tertiary/aromatic N) is 2. The Morgan fingerprint density at radius 2 is 1.84 bits per heavy atom. The largest absolute Gasteiger partial charge is 0.278 e. The second-order valence-electron chi connectivity index (χ2n) is 6.08. The molecule has 0 radical (unpaired) electrons. The summed E-state index contributed by atoms with van der Waals surface area (Å²) in [6, 6.07) is 0. The number of nitrogens with one attached hydrogen (secondary N) is 1. The summed E-state index contributed by atoms with van der Waals surface area (Å²) in [5.41, 5.74) is 8.14. The Kier molecular flexibility index (Phi) is 6.43. The molecule has 0 bridgehead atoms. The van der Waals surface area contributed by atoms with Crippen LogP contribution in [0.1, 0.15) is 44.4 Å². The molecule has 0 saturated heterocycles. The minimum absolute atomic E-state index is 0.993. The molecule has 0 saturated carbocycles. The highest BCUT2D eigenvalue weighted by atomic mass is 32.2. The predicted molar refractivity (Wildman–Crippen MR) is 113 cm³/mol. The van der Waals surface area contributed by atoms with Crippen LogP contribution in [0, 0.1) is 13.8 Å². The number of hydrogen-bond donors (Lipinski definition) is 1. The first-order valence-corrected chi connectivity index (χ1v) is 9.70. The standard InChI is InChI=1S/C21H27N3S/c1-8-13(3)23-14(4)10-11-17(9-2)19-18-12-22-24-20(18)15(5)16(6)21(19)25-7/h8-12H,1-7H3,(H,22,24)/b11-10-,13-8-,17-9+,23-14+. The SMILES string of the molecule is C\C=C(C)/N=C(C)/C=C\C(=C/C)c1c(SC)c(C)c(C)c2[nH]ncc12. The van der Waals surface area contributed by atoms with Gasteiger partial charge in [0.15, 0.2) is 0 Å². The van der Waals surface area contributed by atoms with Crippen LogP contribution in [0.15, 0.2) is 46.1 Å². The van der Waals surface area contributed by atoms with Gasteiger partial charge in [-0.15, -0.1) is 11.8 Å². The molecule has 1 aromatic carbocycles. The molecule has 0 aliphatic carbocycles. The Bertz CT molecular complexity index is 895. The van der Waals surface area contributed by atoms with Gasteiger partial charge >= 0.3 is 0 Å². The highest BCUT2D eigenvalue weighted by Crippen LogP contribution is 2.38. The van der Waals surface area contributed by atoms with E-state index in [1.165, 1.54) is 32.5 Å². The van der Waals surface area contributed by atoms with Crippen molar-refractivity contribution in [3.63, 3.8) is 0 Å². The van der Waals surface area contributed by atoms with Gasteiger partial charge in [0.05, 0.1) is 11.7 Å². The van der Waals surface area contributed by atoms with E-state index in [-0.39, 0.29) is 0 Å². The van der Waals surface area contributed by atoms with E-state index in [2.05, 4.69) is 60.4 Å². The number of hydrogen-bond acceptors (Lipinski definition) is 3. The summed E-state index contributed by atoms with van der Waals surface area (Å²) in [7, 11) is 0. The van der Waals surface area contributed by atoms with Crippen LogP contribution in [-0.4, -0.2) is 22.2 Å². The van der Waals surface area contributed by atoms with Crippen LogP contribution in [0.25, 0.3) is 16.5 Å². The minimum Gasteiger partial charge on any atom is -0.278 e. The van der Waals surface area contributed by atoms with Gasteiger partial charge in [-0.2, -0.15) is 5.10 Å². The Hall–Kier alpha value is -2.07. The van der Waals surface area contributed by atoms with Crippen molar-refractivity contribution in [2.24, 2.45) is 4.99 Å². The first-order valence-electron chi connectivity index (χ1n) is 8.47. The van der Waals surface area contributed by atoms with Gasteiger partial charge in [0, 0.05) is 27.3 Å². The van der Waals surface area contributed by atoms with Crippen LogP contribution < -0.4 is 0 Å². The van der Waals surface area contributed by atoms with Crippen molar-refractivity contribution in [1.82, 2.24) is 10.2 Å². The lowest BCUT2D eigenvalue weighted by Gasteiger charge is -2.16. The maximum absolute atomic E-state index is 4.56. The normalized spacial score (nSPS) is 14.1. The minimum atomic E-state index is 0.993. The van der Waals surface area contributed by atoms with Gasteiger partial charge < -0.3 is 0 Å². The highest BCUT2D eigenvalue weighted by molar-refractivity contribution is 7.98. The van der Waals surface area contributed by atoms with Crippen LogP contribution in [-0.2, 0) is 0 Å². The molecule has 1 heterocycles. The topological polar surface area (TPSA) is 41.0 Å². The number of H-pyrrole nitrogens is 1. The summed E-state index contributed by atoms with van der Waals surface area (Å²) in [5, 5.41) is 8.61. The fourth-order valence-electron chi connectivity index (χ4n) is 2.89. The summed E-state index contributed by atoms with van der Waals surface area (Å²) in [5.74, 6) is 0. The summed E-state index contributed by atoms with van der Waals surface area (Å²) in [6.45, 7) is 12.5. The molecule has 0 amide bonds. The third-order valence-corrected chi connectivity index (χ3v) is 5.41. The number of benzene rings is 1. The van der Waals surface area contributed by atoms with Gasteiger partial charge in [-0.3, -0.25) is 10.1 Å². The maximum Gasteiger partial charge on any atom is 0.0689 e. The molecule has 0 atom stereocenters. The number of allylic oxidation sites excluding steroid dienone is 6. The molecule has 0 unspecified atom stereocenters. The molecule has 0 aliphatic rings. The molecule has 0 spiro atoms. The Balaban J connectivity index is 2.61. The zero-order valence-corrected chi connectivity index (χ0v) is 17.0. The number of thioether (sulfide) groups is 1. The highest BCUT2D eigenvalue weighted by Gasteiger charge is 2.17. The second-order valence-corrected chi connectivity index (χ2v) is 6.89. The predicted octanol–water partition coefficient (Wildman–Crippen LogP) is 6.25. The number of aromatic amines is 1. The fraction of sp³-hybridized carbons (Fsp3) is 0.333. The lowest BCUT2D eigenvalue weighted by Crippen LogP contribution is -1.96. The molecular formula is C21H27N3S. The number of rotatable bonds is 5. The number of aromatic nitrogens is 2. The molecular weight excluding hydrogens is 326 g/mol. The van der Waals surface area contributed by atoms with Gasteiger partial charge in [-0.25, -0.2) is 0 Å². The molecule has 0 aliphatic heterocycles. The van der Waals surface area contributed by atoms with Crippen molar-refractivity contribution in [1.29, 1.82) is 0 Å². The number of aliphatic imine (C=N–C) groups is 1. The monoisotopic (exact) mass is 353 g/mol. The Morgan fingerprint density at radius 1 is 1.12 bits per heavy atom. The van der Waals surface area contributed by atoms with E-state index in [1.807, 2.05) is 33.0 Å². The summed E-state index contributed by atoms with van der Waals surface area (Å²) >= 11 is 1.79. The van der Waals surface area contributed by atoms with Crippen molar-refractivity contribution < 1.29 is 0 Å². The molecule has 132 valence electrons. The van der Waals surface area contributed by atoms with Crippen LogP contribution in [0.2, 0.25) is 0 Å². The van der Waals surface area contributed by atoms with Gasteiger partial charge in [0.25, 0.3) is 0 Å². The third kappa shape index (κ3) is 3.96. The van der Waals surface area contributed by atoms with Crippen molar-refractivity contribution in [2.75, 3.05) is 6.26 Å². The van der Waals surface area contributed by atoms with E-state index in [0.717, 1.165) is 16.9 Å². The first kappa shape index (κ1) is 19.3. The number of fused-ring (bicyclic) bond motifs is 1. The van der Waals surface area contributed by atoms with Crippen LogP contribution in [0.4, 0.5) is 0 Å². The van der Waals surface area contributed by atoms with Gasteiger partial charge in [-0.1, -0.05) is 18.2 Å². The van der Waals surface area contributed by atoms with Crippen molar-refractivity contribution in [3.8, 4) is 0 Å². The summed E-state index contributed by atoms with van der Waals surface area (Å²) in [6.07, 6.45) is 12.5. The van der Waals surface area contributed by atoms with E-state index in [1.54, 1.807) is 11.8 Å². The van der Waals surface area contributed by atoms with Crippen molar-refractivity contribution in [3.05, 3.63) is 52.9 Å². The molecule has 1 N–H and O–H groups in total. The van der Waals surface area contributed by atoms with Gasteiger partial charge in [-0.05, 0) is 70.6 Å². The molecule has 1 aromatic heterocycles. The zero-order chi connectivity index (χ0) is 18.6.